The minimum atomic E-state index is -3.26. The Kier molecular flexibility index (Phi) is 4.47. The van der Waals surface area contributed by atoms with Gasteiger partial charge in [0.05, 0.1) is 18.0 Å². The van der Waals surface area contributed by atoms with Gasteiger partial charge >= 0.3 is 0 Å². The Morgan fingerprint density at radius 2 is 2.13 bits per heavy atom. The number of nitrogens with zero attached hydrogens (tertiary/aromatic N) is 3. The molecule has 1 aromatic carbocycles. The van der Waals surface area contributed by atoms with E-state index >= 15 is 0 Å². The summed E-state index contributed by atoms with van der Waals surface area (Å²) in [5.41, 5.74) is 1.63. The first-order valence-corrected chi connectivity index (χ1v) is 9.24. The molecule has 0 aliphatic carbocycles. The molecule has 0 amide bonds. The number of hydrogen-bond acceptors (Lipinski definition) is 4. The Labute approximate surface area is 135 Å². The van der Waals surface area contributed by atoms with Crippen LogP contribution in [0.1, 0.15) is 17.3 Å². The van der Waals surface area contributed by atoms with Gasteiger partial charge in [-0.05, 0) is 12.1 Å². The second-order valence-corrected chi connectivity index (χ2v) is 7.64. The summed E-state index contributed by atoms with van der Waals surface area (Å²) >= 11 is 0. The van der Waals surface area contributed by atoms with Crippen LogP contribution in [0.5, 0.6) is 0 Å². The van der Waals surface area contributed by atoms with E-state index in [-0.39, 0.29) is 18.4 Å². The van der Waals surface area contributed by atoms with E-state index in [0.717, 1.165) is 11.9 Å². The van der Waals surface area contributed by atoms with Crippen LogP contribution in [0.3, 0.4) is 0 Å². The van der Waals surface area contributed by atoms with E-state index in [1.54, 1.807) is 18.3 Å². The number of nitrogens with one attached hydrogen (secondary N) is 1. The highest BCUT2D eigenvalue weighted by Crippen LogP contribution is 2.22. The first-order valence-electron chi connectivity index (χ1n) is 7.35. The van der Waals surface area contributed by atoms with Crippen LogP contribution in [0, 0.1) is 5.82 Å². The van der Waals surface area contributed by atoms with Gasteiger partial charge in [-0.1, -0.05) is 18.2 Å². The highest BCUT2D eigenvalue weighted by Gasteiger charge is 2.26. The minimum absolute atomic E-state index is 0.116. The SMILES string of the molecule is CS(=O)(=O)NC[C@H]1CN(Cc2ccccc2F)Cc2ccnn21. The molecule has 0 saturated carbocycles. The molecule has 124 valence electrons. The van der Waals surface area contributed by atoms with Gasteiger partial charge in [-0.25, -0.2) is 17.5 Å². The molecule has 1 aromatic heterocycles. The zero-order chi connectivity index (χ0) is 16.4. The van der Waals surface area contributed by atoms with Gasteiger partial charge in [0, 0.05) is 37.9 Å². The topological polar surface area (TPSA) is 67.2 Å². The third-order valence-electron chi connectivity index (χ3n) is 3.89. The van der Waals surface area contributed by atoms with E-state index in [1.165, 1.54) is 6.07 Å². The lowest BCUT2D eigenvalue weighted by Crippen LogP contribution is -2.42. The normalized spacial score (nSPS) is 18.8. The van der Waals surface area contributed by atoms with Crippen LogP contribution in [-0.4, -0.2) is 42.4 Å². The first kappa shape index (κ1) is 16.1. The molecule has 1 atom stereocenters. The van der Waals surface area contributed by atoms with Gasteiger partial charge in [-0.15, -0.1) is 0 Å². The van der Waals surface area contributed by atoms with Gasteiger partial charge in [-0.3, -0.25) is 9.58 Å². The van der Waals surface area contributed by atoms with Crippen molar-refractivity contribution in [3.05, 3.63) is 53.6 Å². The minimum Gasteiger partial charge on any atom is -0.291 e. The molecule has 0 radical (unpaired) electrons. The third-order valence-corrected chi connectivity index (χ3v) is 4.58. The van der Waals surface area contributed by atoms with Crippen molar-refractivity contribution >= 4 is 10.0 Å². The summed E-state index contributed by atoms with van der Waals surface area (Å²) in [5.74, 6) is -0.225. The molecule has 0 unspecified atom stereocenters. The molecule has 1 N–H and O–H groups in total. The zero-order valence-electron chi connectivity index (χ0n) is 12.8. The average Bonchev–Trinajstić information content (AvgIpc) is 2.95. The summed E-state index contributed by atoms with van der Waals surface area (Å²) < 4.78 is 40.9. The van der Waals surface area contributed by atoms with E-state index < -0.39 is 10.0 Å². The highest BCUT2D eigenvalue weighted by atomic mass is 32.2. The molecule has 0 fully saturated rings. The monoisotopic (exact) mass is 338 g/mol. The van der Waals surface area contributed by atoms with Gasteiger partial charge in [0.1, 0.15) is 5.82 Å². The van der Waals surface area contributed by atoms with Gasteiger partial charge in [0.2, 0.25) is 10.0 Å². The number of rotatable bonds is 5. The molecular formula is C15H19FN4O2S. The number of benzene rings is 1. The number of halogens is 1. The molecule has 2 aromatic rings. The van der Waals surface area contributed by atoms with Crippen LogP contribution in [0.4, 0.5) is 4.39 Å². The Morgan fingerprint density at radius 3 is 2.87 bits per heavy atom. The smallest absolute Gasteiger partial charge is 0.208 e. The van der Waals surface area contributed by atoms with Crippen LogP contribution in [0.25, 0.3) is 0 Å². The molecule has 0 bridgehead atoms. The predicted molar refractivity (Wildman–Crippen MR) is 84.6 cm³/mol. The zero-order valence-corrected chi connectivity index (χ0v) is 13.6. The second-order valence-electron chi connectivity index (χ2n) is 5.80. The lowest BCUT2D eigenvalue weighted by Gasteiger charge is -2.34. The van der Waals surface area contributed by atoms with E-state index in [1.807, 2.05) is 16.8 Å². The Hall–Kier alpha value is -1.77. The molecule has 1 aliphatic heterocycles. The van der Waals surface area contributed by atoms with Crippen molar-refractivity contribution < 1.29 is 12.8 Å². The standard InChI is InChI=1S/C15H19FN4O2S/c1-23(21,22)18-8-14-11-19(10-13-6-7-17-20(13)14)9-12-4-2-3-5-15(12)16/h2-7,14,18H,8-11H2,1H3/t14-/m0/s1. The predicted octanol–water partition coefficient (Wildman–Crippen LogP) is 1.13. The summed E-state index contributed by atoms with van der Waals surface area (Å²) in [6.45, 7) is 2.00. The van der Waals surface area contributed by atoms with E-state index in [2.05, 4.69) is 14.7 Å². The molecule has 2 heterocycles. The van der Waals surface area contributed by atoms with Crippen LogP contribution >= 0.6 is 0 Å². The molecule has 1 aliphatic rings. The van der Waals surface area contributed by atoms with Crippen LogP contribution in [-0.2, 0) is 23.1 Å². The number of hydrogen-bond donors (Lipinski definition) is 1. The molecular weight excluding hydrogens is 319 g/mol. The van der Waals surface area contributed by atoms with E-state index in [0.29, 0.717) is 25.2 Å². The van der Waals surface area contributed by atoms with Crippen molar-refractivity contribution in [2.45, 2.75) is 19.1 Å². The summed E-state index contributed by atoms with van der Waals surface area (Å²) in [7, 11) is -3.26. The van der Waals surface area contributed by atoms with Gasteiger partial charge in [-0.2, -0.15) is 5.10 Å². The van der Waals surface area contributed by atoms with Crippen molar-refractivity contribution in [2.24, 2.45) is 0 Å². The number of fused-ring (bicyclic) bond motifs is 1. The fraction of sp³-hybridized carbons (Fsp3) is 0.400. The van der Waals surface area contributed by atoms with Crippen LogP contribution < -0.4 is 4.72 Å². The van der Waals surface area contributed by atoms with Gasteiger partial charge < -0.3 is 0 Å². The van der Waals surface area contributed by atoms with Crippen molar-refractivity contribution in [3.8, 4) is 0 Å². The van der Waals surface area contributed by atoms with Crippen molar-refractivity contribution in [1.82, 2.24) is 19.4 Å². The number of sulfonamides is 1. The Bertz CT molecular complexity index is 790. The summed E-state index contributed by atoms with van der Waals surface area (Å²) in [6.07, 6.45) is 2.84. The molecule has 6 nitrogen and oxygen atoms in total. The second kappa shape index (κ2) is 6.38. The third kappa shape index (κ3) is 3.95. The Balaban J connectivity index is 1.76. The quantitative estimate of drug-likeness (QED) is 0.887. The fourth-order valence-corrected chi connectivity index (χ4v) is 3.35. The number of aromatic nitrogens is 2. The lowest BCUT2D eigenvalue weighted by molar-refractivity contribution is 0.166. The summed E-state index contributed by atoms with van der Waals surface area (Å²) in [6, 6.07) is 8.49. The van der Waals surface area contributed by atoms with E-state index in [4.69, 9.17) is 0 Å². The largest absolute Gasteiger partial charge is 0.291 e. The summed E-state index contributed by atoms with van der Waals surface area (Å²) in [4.78, 5) is 2.10. The molecule has 3 rings (SSSR count). The molecule has 23 heavy (non-hydrogen) atoms. The Morgan fingerprint density at radius 1 is 1.35 bits per heavy atom. The molecule has 8 heteroatoms. The van der Waals surface area contributed by atoms with Crippen LogP contribution in [0.2, 0.25) is 0 Å². The van der Waals surface area contributed by atoms with Crippen molar-refractivity contribution in [3.63, 3.8) is 0 Å². The first-order chi connectivity index (χ1) is 10.9. The molecule has 0 spiro atoms. The van der Waals surface area contributed by atoms with Gasteiger partial charge in [0.15, 0.2) is 0 Å². The maximum absolute atomic E-state index is 13.8. The van der Waals surface area contributed by atoms with Crippen molar-refractivity contribution in [2.75, 3.05) is 19.3 Å². The van der Waals surface area contributed by atoms with Crippen LogP contribution in [0.15, 0.2) is 36.5 Å². The van der Waals surface area contributed by atoms with Gasteiger partial charge in [0.25, 0.3) is 0 Å². The van der Waals surface area contributed by atoms with E-state index in [9.17, 15) is 12.8 Å². The maximum Gasteiger partial charge on any atom is 0.208 e. The molecule has 0 saturated heterocycles. The maximum atomic E-state index is 13.8. The summed E-state index contributed by atoms with van der Waals surface area (Å²) in [5, 5.41) is 4.28. The average molecular weight is 338 g/mol. The lowest BCUT2D eigenvalue weighted by atomic mass is 10.1. The van der Waals surface area contributed by atoms with Crippen molar-refractivity contribution in [1.29, 1.82) is 0 Å². The fourth-order valence-electron chi connectivity index (χ4n) is 2.85. The highest BCUT2D eigenvalue weighted by molar-refractivity contribution is 7.88.